The maximum atomic E-state index is 11.8. The normalized spacial score (nSPS) is 26.2. The van der Waals surface area contributed by atoms with Gasteiger partial charge in [0.1, 0.15) is 6.04 Å². The minimum atomic E-state index is -0.298. The number of carbonyl (C=O) groups is 1. The van der Waals surface area contributed by atoms with Crippen molar-refractivity contribution in [3.05, 3.63) is 12.4 Å². The Morgan fingerprint density at radius 1 is 1.73 bits per heavy atom. The molecular formula is C9H14N4O2. The van der Waals surface area contributed by atoms with Gasteiger partial charge in [0.15, 0.2) is 0 Å². The van der Waals surface area contributed by atoms with E-state index < -0.39 is 0 Å². The molecule has 15 heavy (non-hydrogen) atoms. The number of carbonyl (C=O) groups excluding carboxylic acids is 1. The molecule has 0 unspecified atom stereocenters. The zero-order valence-corrected chi connectivity index (χ0v) is 8.49. The molecule has 1 saturated heterocycles. The van der Waals surface area contributed by atoms with Crippen molar-refractivity contribution >= 4 is 11.6 Å². The molecule has 0 aliphatic carbocycles. The summed E-state index contributed by atoms with van der Waals surface area (Å²) in [5.41, 5.74) is 0.666. The third-order valence-corrected chi connectivity index (χ3v) is 2.36. The zero-order valence-electron chi connectivity index (χ0n) is 8.49. The summed E-state index contributed by atoms with van der Waals surface area (Å²) in [5, 5.41) is 12.2. The van der Waals surface area contributed by atoms with Gasteiger partial charge in [0, 0.05) is 12.7 Å². The smallest absolute Gasteiger partial charge is 0.244 e. The van der Waals surface area contributed by atoms with Gasteiger partial charge in [-0.15, -0.1) is 0 Å². The highest BCUT2D eigenvalue weighted by Gasteiger charge is 2.28. The van der Waals surface area contributed by atoms with E-state index in [-0.39, 0.29) is 18.1 Å². The zero-order chi connectivity index (χ0) is 10.7. The molecule has 3 N–H and O–H groups in total. The van der Waals surface area contributed by atoms with Gasteiger partial charge >= 0.3 is 0 Å². The largest absolute Gasteiger partial charge is 0.375 e. The molecule has 2 atom stereocenters. The Bertz CT molecular complexity index is 325. The van der Waals surface area contributed by atoms with Gasteiger partial charge in [0.05, 0.1) is 24.6 Å². The second-order valence-corrected chi connectivity index (χ2v) is 3.48. The van der Waals surface area contributed by atoms with Crippen molar-refractivity contribution in [2.24, 2.45) is 0 Å². The maximum Gasteiger partial charge on any atom is 0.244 e. The number of amides is 1. The third-order valence-electron chi connectivity index (χ3n) is 2.36. The van der Waals surface area contributed by atoms with E-state index in [9.17, 15) is 4.79 Å². The number of nitrogens with zero attached hydrogens (tertiary/aromatic N) is 1. The van der Waals surface area contributed by atoms with E-state index in [1.165, 1.54) is 0 Å². The first kappa shape index (κ1) is 10.1. The van der Waals surface area contributed by atoms with Gasteiger partial charge in [-0.3, -0.25) is 9.89 Å². The SMILES string of the molecule is C[C@H]1OCCN[C@@H]1C(=O)Nc1cn[nH]c1. The molecule has 0 bridgehead atoms. The van der Waals surface area contributed by atoms with Crippen LogP contribution in [0.25, 0.3) is 0 Å². The van der Waals surface area contributed by atoms with E-state index in [1.54, 1.807) is 12.4 Å². The number of hydrogen-bond acceptors (Lipinski definition) is 4. The Morgan fingerprint density at radius 2 is 2.60 bits per heavy atom. The van der Waals surface area contributed by atoms with Crippen LogP contribution in [0, 0.1) is 0 Å². The molecule has 0 aromatic carbocycles. The molecule has 1 aromatic heterocycles. The van der Waals surface area contributed by atoms with Gasteiger partial charge in [-0.25, -0.2) is 0 Å². The third kappa shape index (κ3) is 2.34. The van der Waals surface area contributed by atoms with Crippen molar-refractivity contribution in [3.8, 4) is 0 Å². The highest BCUT2D eigenvalue weighted by atomic mass is 16.5. The van der Waals surface area contributed by atoms with E-state index in [4.69, 9.17) is 4.74 Å². The number of aromatic amines is 1. The van der Waals surface area contributed by atoms with Crippen molar-refractivity contribution < 1.29 is 9.53 Å². The number of nitrogens with one attached hydrogen (secondary N) is 3. The first-order valence-corrected chi connectivity index (χ1v) is 4.92. The van der Waals surface area contributed by atoms with Crippen molar-refractivity contribution in [1.82, 2.24) is 15.5 Å². The van der Waals surface area contributed by atoms with Gasteiger partial charge in [-0.2, -0.15) is 5.10 Å². The molecule has 6 heteroatoms. The molecule has 1 aliphatic heterocycles. The van der Waals surface area contributed by atoms with Crippen LogP contribution in [0.2, 0.25) is 0 Å². The van der Waals surface area contributed by atoms with Gasteiger partial charge < -0.3 is 15.4 Å². The highest BCUT2D eigenvalue weighted by molar-refractivity contribution is 5.95. The summed E-state index contributed by atoms with van der Waals surface area (Å²) in [5.74, 6) is -0.0939. The quantitative estimate of drug-likeness (QED) is 0.627. The number of anilines is 1. The van der Waals surface area contributed by atoms with E-state index in [2.05, 4.69) is 20.8 Å². The van der Waals surface area contributed by atoms with Gasteiger partial charge in [0.2, 0.25) is 5.91 Å². The lowest BCUT2D eigenvalue weighted by Gasteiger charge is -2.29. The van der Waals surface area contributed by atoms with Gasteiger partial charge in [0.25, 0.3) is 0 Å². The molecule has 0 radical (unpaired) electrons. The average Bonchev–Trinajstić information content (AvgIpc) is 2.71. The molecule has 2 rings (SSSR count). The molecular weight excluding hydrogens is 196 g/mol. The molecule has 1 amide bonds. The van der Waals surface area contributed by atoms with Gasteiger partial charge in [-0.1, -0.05) is 0 Å². The molecule has 6 nitrogen and oxygen atoms in total. The van der Waals surface area contributed by atoms with Crippen LogP contribution in [0.5, 0.6) is 0 Å². The Balaban J connectivity index is 1.95. The second-order valence-electron chi connectivity index (χ2n) is 3.48. The standard InChI is InChI=1S/C9H14N4O2/c1-6-8(10-2-3-15-6)9(14)13-7-4-11-12-5-7/h4-6,8,10H,2-3H2,1H3,(H,11,12)(H,13,14)/t6-,8+/m1/s1. The van der Waals surface area contributed by atoms with Crippen LogP contribution in [0.15, 0.2) is 12.4 Å². The summed E-state index contributed by atoms with van der Waals surface area (Å²) in [6.45, 7) is 3.23. The second kappa shape index (κ2) is 4.41. The number of ether oxygens (including phenoxy) is 1. The topological polar surface area (TPSA) is 79.0 Å². The monoisotopic (exact) mass is 210 g/mol. The minimum Gasteiger partial charge on any atom is -0.375 e. The van der Waals surface area contributed by atoms with E-state index >= 15 is 0 Å². The van der Waals surface area contributed by atoms with Crippen LogP contribution in [0.3, 0.4) is 0 Å². The molecule has 1 aliphatic rings. The Labute approximate surface area is 87.4 Å². The van der Waals surface area contributed by atoms with E-state index in [0.717, 1.165) is 0 Å². The lowest BCUT2D eigenvalue weighted by molar-refractivity contribution is -0.123. The van der Waals surface area contributed by atoms with Crippen molar-refractivity contribution in [2.75, 3.05) is 18.5 Å². The average molecular weight is 210 g/mol. The van der Waals surface area contributed by atoms with Crippen molar-refractivity contribution in [3.63, 3.8) is 0 Å². The summed E-state index contributed by atoms with van der Waals surface area (Å²) in [6.07, 6.45) is 3.09. The van der Waals surface area contributed by atoms with Crippen LogP contribution < -0.4 is 10.6 Å². The van der Waals surface area contributed by atoms with E-state index in [1.807, 2.05) is 6.92 Å². The maximum absolute atomic E-state index is 11.8. The minimum absolute atomic E-state index is 0.0939. The summed E-state index contributed by atoms with van der Waals surface area (Å²) in [6, 6.07) is -0.298. The van der Waals surface area contributed by atoms with E-state index in [0.29, 0.717) is 18.8 Å². The number of morpholine rings is 1. The molecule has 1 fully saturated rings. The molecule has 0 spiro atoms. The molecule has 2 heterocycles. The van der Waals surface area contributed by atoms with Crippen LogP contribution in [0.4, 0.5) is 5.69 Å². The summed E-state index contributed by atoms with van der Waals surface area (Å²) in [7, 11) is 0. The lowest BCUT2D eigenvalue weighted by atomic mass is 10.1. The summed E-state index contributed by atoms with van der Waals surface area (Å²) >= 11 is 0. The first-order valence-electron chi connectivity index (χ1n) is 4.92. The predicted octanol–water partition coefficient (Wildman–Crippen LogP) is -0.275. The fourth-order valence-corrected chi connectivity index (χ4v) is 1.57. The highest BCUT2D eigenvalue weighted by Crippen LogP contribution is 2.08. The molecule has 1 aromatic rings. The van der Waals surface area contributed by atoms with Crippen molar-refractivity contribution in [1.29, 1.82) is 0 Å². The van der Waals surface area contributed by atoms with Crippen LogP contribution >= 0.6 is 0 Å². The van der Waals surface area contributed by atoms with Crippen LogP contribution in [0.1, 0.15) is 6.92 Å². The van der Waals surface area contributed by atoms with Crippen molar-refractivity contribution in [2.45, 2.75) is 19.1 Å². The van der Waals surface area contributed by atoms with Gasteiger partial charge in [-0.05, 0) is 6.92 Å². The van der Waals surface area contributed by atoms with Crippen LogP contribution in [-0.4, -0.2) is 41.4 Å². The number of aromatic nitrogens is 2. The Hall–Kier alpha value is -1.40. The Kier molecular flexibility index (Phi) is 2.98. The molecule has 0 saturated carbocycles. The number of H-pyrrole nitrogens is 1. The summed E-state index contributed by atoms with van der Waals surface area (Å²) < 4.78 is 5.38. The fourth-order valence-electron chi connectivity index (χ4n) is 1.57. The summed E-state index contributed by atoms with van der Waals surface area (Å²) in [4.78, 5) is 11.8. The number of rotatable bonds is 2. The Morgan fingerprint density at radius 3 is 3.27 bits per heavy atom. The first-order chi connectivity index (χ1) is 7.27. The lowest BCUT2D eigenvalue weighted by Crippen LogP contribution is -2.53. The van der Waals surface area contributed by atoms with Crippen LogP contribution in [-0.2, 0) is 9.53 Å². The molecule has 82 valence electrons. The fraction of sp³-hybridized carbons (Fsp3) is 0.556. The number of hydrogen-bond donors (Lipinski definition) is 3. The predicted molar refractivity (Wildman–Crippen MR) is 54.4 cm³/mol.